The molecule has 5 rings (SSSR count). The number of hydrogen-bond donors (Lipinski definition) is 3. The third kappa shape index (κ3) is 5.67. The minimum atomic E-state index is -4.97. The zero-order valence-corrected chi connectivity index (χ0v) is 23.5. The molecule has 4 aromatic rings. The van der Waals surface area contributed by atoms with Crippen LogP contribution in [-0.4, -0.2) is 59.4 Å². The lowest BCUT2D eigenvalue weighted by molar-refractivity contribution is -0.287. The number of carbonyl (C=O) groups excluding carboxylic acids is 1. The lowest BCUT2D eigenvalue weighted by Gasteiger charge is -2.31. The summed E-state index contributed by atoms with van der Waals surface area (Å²) in [5, 5.41) is 22.8. The van der Waals surface area contributed by atoms with Gasteiger partial charge in [-0.2, -0.15) is 13.2 Å². The van der Waals surface area contributed by atoms with Gasteiger partial charge in [-0.15, -0.1) is 8.78 Å². The Kier molecular flexibility index (Phi) is 7.80. The van der Waals surface area contributed by atoms with E-state index in [0.717, 1.165) is 10.6 Å². The average Bonchev–Trinajstić information content (AvgIpc) is 3.52. The predicted octanol–water partition coefficient (Wildman–Crippen LogP) is 3.83. The van der Waals surface area contributed by atoms with E-state index in [0.29, 0.717) is 0 Å². The fourth-order valence-corrected chi connectivity index (χ4v) is 5.67. The van der Waals surface area contributed by atoms with Gasteiger partial charge in [0.25, 0.3) is 5.91 Å². The fraction of sp³-hybridized carbons (Fsp3) is 0.286. The van der Waals surface area contributed by atoms with Crippen LogP contribution < -0.4 is 14.8 Å². The van der Waals surface area contributed by atoms with Gasteiger partial charge in [0.05, 0.1) is 41.4 Å². The van der Waals surface area contributed by atoms with Crippen molar-refractivity contribution in [2.24, 2.45) is 0 Å². The zero-order valence-electron chi connectivity index (χ0n) is 22.7. The van der Waals surface area contributed by atoms with Gasteiger partial charge in [0.1, 0.15) is 5.54 Å². The number of aliphatic hydroxyl groups excluding tert-OH is 2. The van der Waals surface area contributed by atoms with E-state index in [4.69, 9.17) is 0 Å². The molecule has 1 aromatic heterocycles. The zero-order chi connectivity index (χ0) is 32.1. The molecular formula is C28H24F5N3O7S. The minimum Gasteiger partial charge on any atom is -0.395 e. The molecule has 0 aliphatic carbocycles. The molecular weight excluding hydrogens is 617 g/mol. The van der Waals surface area contributed by atoms with Gasteiger partial charge in [0.2, 0.25) is 5.82 Å². The molecule has 0 atom stereocenters. The van der Waals surface area contributed by atoms with E-state index in [2.05, 4.69) is 19.8 Å². The van der Waals surface area contributed by atoms with Crippen LogP contribution in [0.2, 0.25) is 0 Å². The van der Waals surface area contributed by atoms with E-state index in [9.17, 15) is 45.4 Å². The molecule has 0 saturated heterocycles. The second kappa shape index (κ2) is 11.0. The van der Waals surface area contributed by atoms with Crippen LogP contribution in [0, 0.1) is 0 Å². The maximum Gasteiger partial charge on any atom is 0.586 e. The highest BCUT2D eigenvalue weighted by atomic mass is 32.2. The molecule has 0 bridgehead atoms. The first-order chi connectivity index (χ1) is 20.6. The van der Waals surface area contributed by atoms with Crippen LogP contribution in [0.25, 0.3) is 11.0 Å². The third-order valence-electron chi connectivity index (χ3n) is 7.14. The number of amides is 1. The van der Waals surface area contributed by atoms with Gasteiger partial charge in [-0.1, -0.05) is 31.2 Å². The number of benzene rings is 3. The van der Waals surface area contributed by atoms with Gasteiger partial charge in [-0.25, -0.2) is 13.4 Å². The van der Waals surface area contributed by atoms with Crippen molar-refractivity contribution in [1.82, 2.24) is 14.9 Å². The molecule has 234 valence electrons. The Morgan fingerprint density at radius 2 is 1.70 bits per heavy atom. The molecule has 1 aliphatic rings. The van der Waals surface area contributed by atoms with Gasteiger partial charge < -0.3 is 29.6 Å². The van der Waals surface area contributed by atoms with E-state index in [1.807, 2.05) is 0 Å². The Bertz CT molecular complexity index is 1840. The molecule has 0 fully saturated rings. The molecule has 0 unspecified atom stereocenters. The van der Waals surface area contributed by atoms with Crippen molar-refractivity contribution in [3.05, 3.63) is 83.2 Å². The molecule has 3 aromatic carbocycles. The molecule has 2 heterocycles. The maximum absolute atomic E-state index is 14.0. The lowest BCUT2D eigenvalue weighted by atomic mass is 9.91. The Balaban J connectivity index is 1.49. The largest absolute Gasteiger partial charge is 0.586 e. The summed E-state index contributed by atoms with van der Waals surface area (Å²) >= 11 is 0. The van der Waals surface area contributed by atoms with E-state index in [-0.39, 0.29) is 44.1 Å². The fourth-order valence-electron chi connectivity index (χ4n) is 4.79. The normalized spacial score (nSPS) is 14.6. The molecule has 0 spiro atoms. The van der Waals surface area contributed by atoms with Crippen LogP contribution in [-0.2, 0) is 28.1 Å². The Hall–Kier alpha value is -4.28. The Labute approximate surface area is 246 Å². The van der Waals surface area contributed by atoms with Gasteiger partial charge in [-0.05, 0) is 42.0 Å². The van der Waals surface area contributed by atoms with Crippen molar-refractivity contribution in [2.75, 3.05) is 19.0 Å². The first kappa shape index (κ1) is 31.2. The van der Waals surface area contributed by atoms with Gasteiger partial charge in [0, 0.05) is 11.1 Å². The monoisotopic (exact) mass is 641 g/mol. The van der Waals surface area contributed by atoms with Gasteiger partial charge in [-0.3, -0.25) is 4.79 Å². The highest BCUT2D eigenvalue weighted by Crippen LogP contribution is 2.44. The molecule has 0 saturated carbocycles. The number of aliphatic hydroxyl groups is 2. The second-order valence-electron chi connectivity index (χ2n) is 9.91. The summed E-state index contributed by atoms with van der Waals surface area (Å²) in [5.41, 5.74) is -2.17. The van der Waals surface area contributed by atoms with Crippen LogP contribution in [0.1, 0.15) is 34.2 Å². The number of hydrogen-bond acceptors (Lipinski definition) is 8. The van der Waals surface area contributed by atoms with E-state index in [1.54, 1.807) is 0 Å². The van der Waals surface area contributed by atoms with Gasteiger partial charge >= 0.3 is 12.5 Å². The number of imidazole rings is 1. The van der Waals surface area contributed by atoms with Crippen LogP contribution in [0.3, 0.4) is 0 Å². The average molecular weight is 642 g/mol. The van der Waals surface area contributed by atoms with E-state index in [1.165, 1.54) is 61.5 Å². The van der Waals surface area contributed by atoms with Crippen molar-refractivity contribution in [2.45, 2.75) is 36.4 Å². The van der Waals surface area contributed by atoms with Gasteiger partial charge in [0.15, 0.2) is 21.3 Å². The number of fused-ring (bicyclic) bond motifs is 2. The van der Waals surface area contributed by atoms with Crippen LogP contribution in [0.4, 0.5) is 22.0 Å². The number of rotatable bonds is 9. The number of nitrogens with zero attached hydrogens (tertiary/aromatic N) is 2. The molecule has 0 radical (unpaired) electrons. The number of para-hydroxylation sites is 1. The quantitative estimate of drug-likeness (QED) is 0.235. The van der Waals surface area contributed by atoms with Crippen LogP contribution >= 0.6 is 0 Å². The van der Waals surface area contributed by atoms with Crippen molar-refractivity contribution >= 4 is 26.8 Å². The number of halogens is 5. The standard InChI is InChI=1S/C28H24F5N3O7S/c1-2-44(40,41)19-9-7-18(8-10-19)26(14-37,15-38)35-24(39)16-6-11-21-20(12-16)34-25(27(29,30)31)36(21)13-17-4-3-5-22-23(17)43-28(32,33)42-22/h3-12,37-38H,2,13-15H2,1H3,(H,35,39). The summed E-state index contributed by atoms with van der Waals surface area (Å²) < 4.78 is 103. The summed E-state index contributed by atoms with van der Waals surface area (Å²) in [4.78, 5) is 16.9. The SMILES string of the molecule is CCS(=O)(=O)c1ccc(C(CO)(CO)NC(=O)c2ccc3c(c2)nc(C(F)(F)F)n3Cc2cccc3c2OC(F)(F)O3)cc1. The van der Waals surface area contributed by atoms with Crippen molar-refractivity contribution in [3.8, 4) is 11.5 Å². The summed E-state index contributed by atoms with van der Waals surface area (Å²) in [5.74, 6) is -3.18. The Morgan fingerprint density at radius 3 is 2.32 bits per heavy atom. The molecule has 1 aliphatic heterocycles. The van der Waals surface area contributed by atoms with Crippen molar-refractivity contribution < 1.29 is 54.9 Å². The highest BCUT2D eigenvalue weighted by Gasteiger charge is 2.45. The topological polar surface area (TPSA) is 140 Å². The third-order valence-corrected chi connectivity index (χ3v) is 8.89. The number of aromatic nitrogens is 2. The number of alkyl halides is 5. The Morgan fingerprint density at radius 1 is 1.02 bits per heavy atom. The summed E-state index contributed by atoms with van der Waals surface area (Å²) in [6.07, 6.45) is -8.96. The second-order valence-corrected chi connectivity index (χ2v) is 12.2. The summed E-state index contributed by atoms with van der Waals surface area (Å²) in [6.45, 7) is -0.737. The number of sulfone groups is 1. The summed E-state index contributed by atoms with van der Waals surface area (Å²) in [7, 11) is -3.55. The molecule has 44 heavy (non-hydrogen) atoms. The lowest BCUT2D eigenvalue weighted by Crippen LogP contribution is -2.51. The van der Waals surface area contributed by atoms with Crippen LogP contribution in [0.15, 0.2) is 65.6 Å². The minimum absolute atomic E-state index is 0.00498. The first-order valence-corrected chi connectivity index (χ1v) is 14.6. The molecule has 10 nitrogen and oxygen atoms in total. The smallest absolute Gasteiger partial charge is 0.395 e. The number of nitrogens with one attached hydrogen (secondary N) is 1. The van der Waals surface area contributed by atoms with Crippen molar-refractivity contribution in [1.29, 1.82) is 0 Å². The molecule has 16 heteroatoms. The summed E-state index contributed by atoms with van der Waals surface area (Å²) in [6, 6.07) is 12.4. The van der Waals surface area contributed by atoms with E-state index >= 15 is 0 Å². The van der Waals surface area contributed by atoms with E-state index < -0.39 is 65.1 Å². The molecule has 3 N–H and O–H groups in total. The first-order valence-electron chi connectivity index (χ1n) is 13.0. The van der Waals surface area contributed by atoms with Crippen LogP contribution in [0.5, 0.6) is 11.5 Å². The maximum atomic E-state index is 14.0. The number of carbonyl (C=O) groups is 1. The van der Waals surface area contributed by atoms with Crippen molar-refractivity contribution in [3.63, 3.8) is 0 Å². The number of ether oxygens (including phenoxy) is 2. The molecule has 1 amide bonds. The highest BCUT2D eigenvalue weighted by molar-refractivity contribution is 7.91. The predicted molar refractivity (Wildman–Crippen MR) is 144 cm³/mol.